The molecule has 0 N–H and O–H groups in total. The Hall–Kier alpha value is -2.22. The van der Waals surface area contributed by atoms with E-state index in [4.69, 9.17) is 4.52 Å². The van der Waals surface area contributed by atoms with Gasteiger partial charge in [0.15, 0.2) is 5.82 Å². The minimum atomic E-state index is -0.0306. The number of para-hydroxylation sites is 1. The fourth-order valence-electron chi connectivity index (χ4n) is 2.61. The van der Waals surface area contributed by atoms with Gasteiger partial charge >= 0.3 is 0 Å². The second-order valence-electron chi connectivity index (χ2n) is 6.03. The molecule has 3 rings (SSSR count). The fourth-order valence-corrected chi connectivity index (χ4v) is 3.43. The SMILES string of the molecule is CCCCc1noc(C(C)Sc2nnnn2-c2c(C)cccc2C)n1. The fraction of sp³-hybridized carbons (Fsp3) is 0.471. The maximum Gasteiger partial charge on any atom is 0.239 e. The molecule has 0 radical (unpaired) electrons. The van der Waals surface area contributed by atoms with E-state index in [0.717, 1.165) is 41.9 Å². The van der Waals surface area contributed by atoms with E-state index in [-0.39, 0.29) is 5.25 Å². The lowest BCUT2D eigenvalue weighted by Crippen LogP contribution is -2.04. The molecule has 0 aliphatic heterocycles. The molecule has 0 aliphatic carbocycles. The number of hydrogen-bond acceptors (Lipinski definition) is 7. The molecule has 2 aromatic heterocycles. The molecular weight excluding hydrogens is 336 g/mol. The summed E-state index contributed by atoms with van der Waals surface area (Å²) in [5.41, 5.74) is 3.26. The average Bonchev–Trinajstić information content (AvgIpc) is 3.23. The number of tetrazole rings is 1. The first-order valence-electron chi connectivity index (χ1n) is 8.44. The molecule has 8 heteroatoms. The van der Waals surface area contributed by atoms with Crippen molar-refractivity contribution < 1.29 is 4.52 Å². The number of nitrogens with zero attached hydrogens (tertiary/aromatic N) is 6. The van der Waals surface area contributed by atoms with Crippen LogP contribution in [0.3, 0.4) is 0 Å². The van der Waals surface area contributed by atoms with Gasteiger partial charge in [-0.05, 0) is 48.7 Å². The van der Waals surface area contributed by atoms with Gasteiger partial charge in [0.25, 0.3) is 0 Å². The Balaban J connectivity index is 1.80. The second kappa shape index (κ2) is 7.77. The third-order valence-corrected chi connectivity index (χ3v) is 4.98. The lowest BCUT2D eigenvalue weighted by Gasteiger charge is -2.11. The highest BCUT2D eigenvalue weighted by Gasteiger charge is 2.21. The Morgan fingerprint density at radius 1 is 1.24 bits per heavy atom. The minimum absolute atomic E-state index is 0.0306. The van der Waals surface area contributed by atoms with E-state index in [1.165, 1.54) is 11.8 Å². The van der Waals surface area contributed by atoms with Gasteiger partial charge in [0, 0.05) is 6.42 Å². The molecule has 1 atom stereocenters. The van der Waals surface area contributed by atoms with Gasteiger partial charge in [0.2, 0.25) is 11.0 Å². The van der Waals surface area contributed by atoms with Crippen LogP contribution in [0.25, 0.3) is 5.69 Å². The number of thioether (sulfide) groups is 1. The highest BCUT2D eigenvalue weighted by molar-refractivity contribution is 7.99. The number of hydrogen-bond donors (Lipinski definition) is 0. The predicted molar refractivity (Wildman–Crippen MR) is 95.8 cm³/mol. The van der Waals surface area contributed by atoms with Crippen molar-refractivity contribution in [3.8, 4) is 5.69 Å². The molecule has 0 spiro atoms. The van der Waals surface area contributed by atoms with Gasteiger partial charge in [-0.25, -0.2) is 0 Å². The Morgan fingerprint density at radius 2 is 2.00 bits per heavy atom. The summed E-state index contributed by atoms with van der Waals surface area (Å²) in [7, 11) is 0. The van der Waals surface area contributed by atoms with Crippen LogP contribution in [0.5, 0.6) is 0 Å². The van der Waals surface area contributed by atoms with Crippen molar-refractivity contribution in [2.45, 2.75) is 57.4 Å². The van der Waals surface area contributed by atoms with E-state index in [2.05, 4.69) is 58.6 Å². The van der Waals surface area contributed by atoms with Gasteiger partial charge < -0.3 is 4.52 Å². The molecule has 0 aliphatic rings. The van der Waals surface area contributed by atoms with Gasteiger partial charge in [-0.2, -0.15) is 9.67 Å². The van der Waals surface area contributed by atoms with Gasteiger partial charge in [-0.1, -0.05) is 48.5 Å². The van der Waals surface area contributed by atoms with E-state index in [0.29, 0.717) is 11.0 Å². The molecule has 132 valence electrons. The summed E-state index contributed by atoms with van der Waals surface area (Å²) < 4.78 is 7.18. The summed E-state index contributed by atoms with van der Waals surface area (Å²) in [4.78, 5) is 4.49. The summed E-state index contributed by atoms with van der Waals surface area (Å²) >= 11 is 1.51. The molecule has 0 fully saturated rings. The van der Waals surface area contributed by atoms with Crippen LogP contribution in [-0.2, 0) is 6.42 Å². The third kappa shape index (κ3) is 3.89. The topological polar surface area (TPSA) is 82.5 Å². The summed E-state index contributed by atoms with van der Waals surface area (Å²) in [5.74, 6) is 1.37. The zero-order valence-corrected chi connectivity index (χ0v) is 15.7. The number of benzene rings is 1. The van der Waals surface area contributed by atoms with Crippen LogP contribution >= 0.6 is 11.8 Å². The molecule has 1 aromatic carbocycles. The first-order chi connectivity index (χ1) is 12.1. The number of rotatable bonds is 7. The quantitative estimate of drug-likeness (QED) is 0.593. The molecule has 0 bridgehead atoms. The second-order valence-corrected chi connectivity index (χ2v) is 7.33. The standard InChI is InChI=1S/C17H22N6OS/c1-5-6-10-14-18-16(24-20-14)13(4)25-17-19-21-22-23(17)15-11(2)8-7-9-12(15)3/h7-9,13H,5-6,10H2,1-4H3. The summed E-state index contributed by atoms with van der Waals surface area (Å²) in [6.07, 6.45) is 3.02. The maximum atomic E-state index is 5.41. The average molecular weight is 358 g/mol. The Labute approximate surface area is 151 Å². The molecule has 0 amide bonds. The van der Waals surface area contributed by atoms with Crippen molar-refractivity contribution in [2.75, 3.05) is 0 Å². The minimum Gasteiger partial charge on any atom is -0.338 e. The number of aryl methyl sites for hydroxylation is 3. The molecule has 7 nitrogen and oxygen atoms in total. The third-order valence-electron chi connectivity index (χ3n) is 3.96. The zero-order valence-electron chi connectivity index (χ0n) is 14.9. The van der Waals surface area contributed by atoms with Crippen molar-refractivity contribution in [3.05, 3.63) is 41.0 Å². The van der Waals surface area contributed by atoms with E-state index >= 15 is 0 Å². The predicted octanol–water partition coefficient (Wildman–Crippen LogP) is 3.86. The smallest absolute Gasteiger partial charge is 0.239 e. The Kier molecular flexibility index (Phi) is 5.47. The molecule has 3 aromatic rings. The first-order valence-corrected chi connectivity index (χ1v) is 9.32. The number of unbranched alkanes of at least 4 members (excludes halogenated alkanes) is 1. The van der Waals surface area contributed by atoms with Gasteiger partial charge in [-0.3, -0.25) is 0 Å². The van der Waals surface area contributed by atoms with Crippen LogP contribution in [0.4, 0.5) is 0 Å². The van der Waals surface area contributed by atoms with Crippen molar-refractivity contribution >= 4 is 11.8 Å². The Morgan fingerprint density at radius 3 is 2.72 bits per heavy atom. The molecular formula is C17H22N6OS. The van der Waals surface area contributed by atoms with Crippen molar-refractivity contribution in [3.63, 3.8) is 0 Å². The molecule has 2 heterocycles. The largest absolute Gasteiger partial charge is 0.338 e. The molecule has 25 heavy (non-hydrogen) atoms. The van der Waals surface area contributed by atoms with Crippen molar-refractivity contribution in [1.82, 2.24) is 30.3 Å². The van der Waals surface area contributed by atoms with Crippen molar-refractivity contribution in [1.29, 1.82) is 0 Å². The van der Waals surface area contributed by atoms with Crippen LogP contribution in [-0.4, -0.2) is 30.3 Å². The molecule has 0 saturated carbocycles. The summed E-state index contributed by atoms with van der Waals surface area (Å²) in [5, 5.41) is 16.9. The highest BCUT2D eigenvalue weighted by Crippen LogP contribution is 2.34. The highest BCUT2D eigenvalue weighted by atomic mass is 32.2. The van der Waals surface area contributed by atoms with Crippen LogP contribution in [0.15, 0.2) is 27.9 Å². The zero-order chi connectivity index (χ0) is 17.8. The van der Waals surface area contributed by atoms with Gasteiger partial charge in [0.05, 0.1) is 10.9 Å². The first kappa shape index (κ1) is 17.6. The normalized spacial score (nSPS) is 12.5. The van der Waals surface area contributed by atoms with Crippen LogP contribution < -0.4 is 0 Å². The lowest BCUT2D eigenvalue weighted by atomic mass is 10.1. The van der Waals surface area contributed by atoms with Gasteiger partial charge in [-0.15, -0.1) is 5.10 Å². The lowest BCUT2D eigenvalue weighted by molar-refractivity contribution is 0.374. The molecule has 1 unspecified atom stereocenters. The summed E-state index contributed by atoms with van der Waals surface area (Å²) in [6, 6.07) is 6.14. The van der Waals surface area contributed by atoms with E-state index in [9.17, 15) is 0 Å². The van der Waals surface area contributed by atoms with Gasteiger partial charge in [0.1, 0.15) is 0 Å². The number of aromatic nitrogens is 6. The summed E-state index contributed by atoms with van der Waals surface area (Å²) in [6.45, 7) is 8.28. The molecule has 0 saturated heterocycles. The van der Waals surface area contributed by atoms with E-state index in [1.807, 2.05) is 13.0 Å². The van der Waals surface area contributed by atoms with Crippen LogP contribution in [0.2, 0.25) is 0 Å². The maximum absolute atomic E-state index is 5.41. The monoisotopic (exact) mass is 358 g/mol. The Bertz CT molecular complexity index is 823. The van der Waals surface area contributed by atoms with E-state index in [1.54, 1.807) is 4.68 Å². The van der Waals surface area contributed by atoms with Crippen LogP contribution in [0.1, 0.15) is 54.8 Å². The van der Waals surface area contributed by atoms with Crippen LogP contribution in [0, 0.1) is 13.8 Å². The van der Waals surface area contributed by atoms with Crippen molar-refractivity contribution in [2.24, 2.45) is 0 Å². The van der Waals surface area contributed by atoms with E-state index < -0.39 is 0 Å².